The predicted molar refractivity (Wildman–Crippen MR) is 60.3 cm³/mol. The lowest BCUT2D eigenvalue weighted by atomic mass is 10.2. The Hall–Kier alpha value is -1.28. The summed E-state index contributed by atoms with van der Waals surface area (Å²) >= 11 is 0. The van der Waals surface area contributed by atoms with Gasteiger partial charge in [0, 0.05) is 5.56 Å². The molecule has 0 radical (unpaired) electrons. The summed E-state index contributed by atoms with van der Waals surface area (Å²) in [7, 11) is 3.97. The number of hydrogen-bond donors (Lipinski definition) is 0. The van der Waals surface area contributed by atoms with E-state index in [2.05, 4.69) is 6.58 Å². The first-order valence-electron chi connectivity index (χ1n) is 4.69. The van der Waals surface area contributed by atoms with Crippen LogP contribution in [0.1, 0.15) is 12.5 Å². The van der Waals surface area contributed by atoms with E-state index in [0.717, 1.165) is 11.3 Å². The van der Waals surface area contributed by atoms with Crippen LogP contribution >= 0.6 is 0 Å². The van der Waals surface area contributed by atoms with Crippen LogP contribution in [0.15, 0.2) is 30.8 Å². The lowest BCUT2D eigenvalue weighted by Crippen LogP contribution is -2.30. The summed E-state index contributed by atoms with van der Waals surface area (Å²) in [5, 5.41) is 0. The zero-order valence-electron chi connectivity index (χ0n) is 9.03. The van der Waals surface area contributed by atoms with Gasteiger partial charge in [-0.15, -0.1) is 0 Å². The highest BCUT2D eigenvalue weighted by molar-refractivity contribution is 5.55. The highest BCUT2D eigenvalue weighted by atomic mass is 16.5. The fourth-order valence-corrected chi connectivity index (χ4v) is 1.05. The van der Waals surface area contributed by atoms with Crippen molar-refractivity contribution in [1.29, 1.82) is 0 Å². The van der Waals surface area contributed by atoms with E-state index >= 15 is 0 Å². The molecule has 0 N–H and O–H groups in total. The average molecular weight is 191 g/mol. The zero-order valence-corrected chi connectivity index (χ0v) is 9.03. The second-order valence-corrected chi connectivity index (χ2v) is 3.42. The van der Waals surface area contributed by atoms with Crippen molar-refractivity contribution in [2.24, 2.45) is 0 Å². The van der Waals surface area contributed by atoms with Crippen LogP contribution in [0.25, 0.3) is 6.08 Å². The third-order valence-corrected chi connectivity index (χ3v) is 2.16. The molecule has 0 bridgehead atoms. The van der Waals surface area contributed by atoms with Gasteiger partial charge in [-0.05, 0) is 27.1 Å². The molecule has 0 amide bonds. The third kappa shape index (κ3) is 2.60. The van der Waals surface area contributed by atoms with Crippen molar-refractivity contribution in [3.05, 3.63) is 36.4 Å². The van der Waals surface area contributed by atoms with Gasteiger partial charge in [0.1, 0.15) is 12.0 Å². The third-order valence-electron chi connectivity index (χ3n) is 2.16. The van der Waals surface area contributed by atoms with Crippen LogP contribution in [0.5, 0.6) is 5.75 Å². The van der Waals surface area contributed by atoms with Crippen molar-refractivity contribution < 1.29 is 4.74 Å². The topological polar surface area (TPSA) is 12.5 Å². The molecule has 0 spiro atoms. The van der Waals surface area contributed by atoms with Crippen LogP contribution in [-0.2, 0) is 0 Å². The number of para-hydroxylation sites is 1. The van der Waals surface area contributed by atoms with Crippen molar-refractivity contribution in [3.8, 4) is 5.75 Å². The van der Waals surface area contributed by atoms with Crippen LogP contribution < -0.4 is 4.74 Å². The molecule has 1 aromatic carbocycles. The van der Waals surface area contributed by atoms with E-state index in [-0.39, 0.29) is 6.23 Å². The fraction of sp³-hybridized carbons (Fsp3) is 0.333. The van der Waals surface area contributed by atoms with Gasteiger partial charge < -0.3 is 4.74 Å². The Labute approximate surface area is 85.8 Å². The van der Waals surface area contributed by atoms with E-state index in [1.165, 1.54) is 0 Å². The first kappa shape index (κ1) is 10.8. The van der Waals surface area contributed by atoms with Gasteiger partial charge >= 0.3 is 0 Å². The molecule has 1 aromatic rings. The number of nitrogens with zero attached hydrogens (tertiary/aromatic N) is 1. The average Bonchev–Trinajstić information content (AvgIpc) is 2.18. The van der Waals surface area contributed by atoms with Crippen LogP contribution in [0.2, 0.25) is 0 Å². The Bertz CT molecular complexity index is 307. The lowest BCUT2D eigenvalue weighted by molar-refractivity contribution is 0.0813. The molecule has 0 fully saturated rings. The van der Waals surface area contributed by atoms with Gasteiger partial charge in [0.15, 0.2) is 0 Å². The molecule has 0 aromatic heterocycles. The van der Waals surface area contributed by atoms with Gasteiger partial charge in [-0.1, -0.05) is 30.9 Å². The summed E-state index contributed by atoms with van der Waals surface area (Å²) in [5.41, 5.74) is 1.03. The van der Waals surface area contributed by atoms with Gasteiger partial charge in [0.2, 0.25) is 0 Å². The highest BCUT2D eigenvalue weighted by Gasteiger charge is 2.07. The summed E-state index contributed by atoms with van der Waals surface area (Å²) in [4.78, 5) is 2.01. The maximum atomic E-state index is 5.75. The summed E-state index contributed by atoms with van der Waals surface area (Å²) < 4.78 is 5.75. The van der Waals surface area contributed by atoms with E-state index in [1.807, 2.05) is 50.2 Å². The Kier molecular flexibility index (Phi) is 3.72. The van der Waals surface area contributed by atoms with E-state index < -0.39 is 0 Å². The molecule has 0 saturated carbocycles. The largest absolute Gasteiger partial charge is 0.475 e. The van der Waals surface area contributed by atoms with E-state index in [9.17, 15) is 0 Å². The Morgan fingerprint density at radius 2 is 2.00 bits per heavy atom. The first-order valence-corrected chi connectivity index (χ1v) is 4.69. The number of rotatable bonds is 4. The molecular weight excluding hydrogens is 174 g/mol. The van der Waals surface area contributed by atoms with Gasteiger partial charge in [-0.25, -0.2) is 0 Å². The molecule has 0 aliphatic carbocycles. The Morgan fingerprint density at radius 1 is 1.36 bits per heavy atom. The van der Waals surface area contributed by atoms with Gasteiger partial charge in [0.25, 0.3) is 0 Å². The molecule has 1 atom stereocenters. The molecule has 2 nitrogen and oxygen atoms in total. The molecule has 0 saturated heterocycles. The first-order chi connectivity index (χ1) is 6.65. The number of benzene rings is 1. The summed E-state index contributed by atoms with van der Waals surface area (Å²) in [6, 6.07) is 7.89. The number of ether oxygens (including phenoxy) is 1. The molecule has 14 heavy (non-hydrogen) atoms. The smallest absolute Gasteiger partial charge is 0.149 e. The van der Waals surface area contributed by atoms with Crippen molar-refractivity contribution in [3.63, 3.8) is 0 Å². The Morgan fingerprint density at radius 3 is 2.57 bits per heavy atom. The van der Waals surface area contributed by atoms with Crippen molar-refractivity contribution in [2.45, 2.75) is 13.2 Å². The monoisotopic (exact) mass is 191 g/mol. The van der Waals surface area contributed by atoms with E-state index in [1.54, 1.807) is 6.08 Å². The SMILES string of the molecule is C=Cc1ccccc1OC(C)N(C)C. The maximum absolute atomic E-state index is 5.75. The molecule has 2 heteroatoms. The maximum Gasteiger partial charge on any atom is 0.149 e. The van der Waals surface area contributed by atoms with Crippen molar-refractivity contribution >= 4 is 6.08 Å². The second kappa shape index (κ2) is 4.82. The minimum atomic E-state index is 0.0658. The minimum Gasteiger partial charge on any atom is -0.475 e. The van der Waals surface area contributed by atoms with Crippen molar-refractivity contribution in [1.82, 2.24) is 4.90 Å². The molecule has 1 unspecified atom stereocenters. The van der Waals surface area contributed by atoms with Gasteiger partial charge in [-0.2, -0.15) is 0 Å². The highest BCUT2D eigenvalue weighted by Crippen LogP contribution is 2.20. The lowest BCUT2D eigenvalue weighted by Gasteiger charge is -2.22. The van der Waals surface area contributed by atoms with Crippen LogP contribution in [0.4, 0.5) is 0 Å². The van der Waals surface area contributed by atoms with Crippen LogP contribution in [0, 0.1) is 0 Å². The summed E-state index contributed by atoms with van der Waals surface area (Å²) in [5.74, 6) is 0.878. The summed E-state index contributed by atoms with van der Waals surface area (Å²) in [6.45, 7) is 5.76. The van der Waals surface area contributed by atoms with Crippen molar-refractivity contribution in [2.75, 3.05) is 14.1 Å². The quantitative estimate of drug-likeness (QED) is 0.678. The standard InChI is InChI=1S/C12H17NO/c1-5-11-8-6-7-9-12(11)14-10(2)13(3)4/h5-10H,1H2,2-4H3. The molecular formula is C12H17NO. The molecule has 0 aliphatic rings. The number of hydrogen-bond acceptors (Lipinski definition) is 2. The van der Waals surface area contributed by atoms with E-state index in [4.69, 9.17) is 4.74 Å². The summed E-state index contributed by atoms with van der Waals surface area (Å²) in [6.07, 6.45) is 1.87. The van der Waals surface area contributed by atoms with E-state index in [0.29, 0.717) is 0 Å². The Balaban J connectivity index is 2.80. The predicted octanol–water partition coefficient (Wildman–Crippen LogP) is 2.62. The minimum absolute atomic E-state index is 0.0658. The normalized spacial score (nSPS) is 12.6. The van der Waals surface area contributed by atoms with Crippen LogP contribution in [-0.4, -0.2) is 25.2 Å². The molecule has 1 rings (SSSR count). The fourth-order valence-electron chi connectivity index (χ4n) is 1.05. The van der Waals surface area contributed by atoms with Gasteiger partial charge in [0.05, 0.1) is 0 Å². The molecule has 76 valence electrons. The molecule has 0 aliphatic heterocycles. The van der Waals surface area contributed by atoms with Gasteiger partial charge in [-0.3, -0.25) is 4.90 Å². The van der Waals surface area contributed by atoms with Crippen LogP contribution in [0.3, 0.4) is 0 Å². The molecule has 0 heterocycles. The zero-order chi connectivity index (χ0) is 10.6. The second-order valence-electron chi connectivity index (χ2n) is 3.42.